The third kappa shape index (κ3) is 3.94. The van der Waals surface area contributed by atoms with Gasteiger partial charge in [0.05, 0.1) is 24.1 Å². The Bertz CT molecular complexity index is 1290. The summed E-state index contributed by atoms with van der Waals surface area (Å²) < 4.78 is 16.8. The molecule has 4 aromatic rings. The molecule has 0 aliphatic carbocycles. The van der Waals surface area contributed by atoms with Crippen LogP contribution >= 0.6 is 11.6 Å². The van der Waals surface area contributed by atoms with E-state index >= 15 is 0 Å². The maximum Gasteiger partial charge on any atom is 0.309 e. The summed E-state index contributed by atoms with van der Waals surface area (Å²) in [6, 6.07) is 13.0. The number of aliphatic carboxylic acids is 1. The van der Waals surface area contributed by atoms with Crippen molar-refractivity contribution in [3.05, 3.63) is 53.2 Å². The van der Waals surface area contributed by atoms with Crippen molar-refractivity contribution in [3.63, 3.8) is 0 Å². The van der Waals surface area contributed by atoms with Crippen LogP contribution in [0.3, 0.4) is 0 Å². The van der Waals surface area contributed by atoms with Crippen LogP contribution in [0, 0.1) is 5.92 Å². The minimum Gasteiger partial charge on any atom is -0.492 e. The molecule has 32 heavy (non-hydrogen) atoms. The number of ether oxygens (including phenoxy) is 1. The van der Waals surface area contributed by atoms with Crippen molar-refractivity contribution in [1.29, 1.82) is 0 Å². The van der Waals surface area contributed by atoms with E-state index in [0.717, 1.165) is 22.3 Å². The Balaban J connectivity index is 1.34. The number of carboxylic acids is 1. The van der Waals surface area contributed by atoms with Crippen LogP contribution < -0.4 is 4.74 Å². The molecule has 0 radical (unpaired) electrons. The van der Waals surface area contributed by atoms with Gasteiger partial charge in [-0.25, -0.2) is 0 Å². The van der Waals surface area contributed by atoms with Crippen molar-refractivity contribution in [1.82, 2.24) is 15.0 Å². The number of carboxylic acid groups (broad SMARTS) is 1. The zero-order valence-corrected chi connectivity index (χ0v) is 18.0. The molecule has 9 heteroatoms. The van der Waals surface area contributed by atoms with Crippen LogP contribution in [0.2, 0.25) is 5.02 Å². The predicted molar refractivity (Wildman–Crippen MR) is 118 cm³/mol. The first-order chi connectivity index (χ1) is 15.5. The number of halogens is 1. The van der Waals surface area contributed by atoms with Gasteiger partial charge in [0.1, 0.15) is 17.1 Å². The molecule has 1 fully saturated rings. The topological polar surface area (TPSA) is 102 Å². The van der Waals surface area contributed by atoms with Gasteiger partial charge in [-0.05, 0) is 49.4 Å². The monoisotopic (exact) mass is 453 g/mol. The zero-order valence-electron chi connectivity index (χ0n) is 17.2. The van der Waals surface area contributed by atoms with Crippen molar-refractivity contribution in [2.75, 3.05) is 19.7 Å². The molecule has 1 N–H and O–H groups in total. The van der Waals surface area contributed by atoms with Gasteiger partial charge in [0, 0.05) is 29.6 Å². The SMILES string of the molecule is CCOc1ccc(-c2nc(-c3ccc4oc(CN5CC(C(=O)O)C5)cc4c3)no2)cc1Cl. The van der Waals surface area contributed by atoms with Gasteiger partial charge in [0.15, 0.2) is 0 Å². The summed E-state index contributed by atoms with van der Waals surface area (Å²) in [5.41, 5.74) is 2.26. The molecular weight excluding hydrogens is 434 g/mol. The number of rotatable bonds is 7. The molecule has 0 spiro atoms. The van der Waals surface area contributed by atoms with Gasteiger partial charge >= 0.3 is 5.97 Å². The van der Waals surface area contributed by atoms with E-state index in [2.05, 4.69) is 10.1 Å². The molecule has 0 atom stereocenters. The van der Waals surface area contributed by atoms with Crippen LogP contribution in [0.5, 0.6) is 5.75 Å². The van der Waals surface area contributed by atoms with Crippen LogP contribution in [-0.4, -0.2) is 45.8 Å². The quantitative estimate of drug-likeness (QED) is 0.429. The average molecular weight is 454 g/mol. The largest absolute Gasteiger partial charge is 0.492 e. The van der Waals surface area contributed by atoms with E-state index in [9.17, 15) is 4.79 Å². The molecule has 1 aliphatic heterocycles. The highest BCUT2D eigenvalue weighted by Crippen LogP contribution is 2.32. The van der Waals surface area contributed by atoms with Gasteiger partial charge in [-0.15, -0.1) is 0 Å². The highest BCUT2D eigenvalue weighted by Gasteiger charge is 2.32. The summed E-state index contributed by atoms with van der Waals surface area (Å²) in [6.07, 6.45) is 0. The number of carbonyl (C=O) groups is 1. The Hall–Kier alpha value is -3.36. The first-order valence-electron chi connectivity index (χ1n) is 10.2. The lowest BCUT2D eigenvalue weighted by atomic mass is 10.0. The lowest BCUT2D eigenvalue weighted by molar-refractivity contribution is -0.147. The number of hydrogen-bond acceptors (Lipinski definition) is 7. The Morgan fingerprint density at radius 2 is 2.03 bits per heavy atom. The summed E-state index contributed by atoms with van der Waals surface area (Å²) >= 11 is 6.27. The normalized spacial score (nSPS) is 14.6. The first kappa shape index (κ1) is 20.5. The molecule has 1 aliphatic rings. The molecule has 2 aromatic carbocycles. The lowest BCUT2D eigenvalue weighted by Crippen LogP contribution is -2.49. The summed E-state index contributed by atoms with van der Waals surface area (Å²) in [4.78, 5) is 17.5. The molecule has 0 bridgehead atoms. The number of furan rings is 1. The van der Waals surface area contributed by atoms with Gasteiger partial charge in [-0.3, -0.25) is 9.69 Å². The summed E-state index contributed by atoms with van der Waals surface area (Å²) in [7, 11) is 0. The van der Waals surface area contributed by atoms with E-state index in [0.29, 0.717) is 54.3 Å². The number of benzene rings is 2. The van der Waals surface area contributed by atoms with Crippen molar-refractivity contribution in [2.24, 2.45) is 5.92 Å². The fraction of sp³-hybridized carbons (Fsp3) is 0.261. The van der Waals surface area contributed by atoms with Gasteiger partial charge in [0.25, 0.3) is 5.89 Å². The molecule has 164 valence electrons. The minimum absolute atomic E-state index is 0.288. The molecule has 3 heterocycles. The summed E-state index contributed by atoms with van der Waals surface area (Å²) in [6.45, 7) is 4.09. The van der Waals surface area contributed by atoms with Crippen LogP contribution in [-0.2, 0) is 11.3 Å². The molecule has 8 nitrogen and oxygen atoms in total. The maximum atomic E-state index is 11.0. The van der Waals surface area contributed by atoms with E-state index in [-0.39, 0.29) is 5.92 Å². The second kappa shape index (κ2) is 8.29. The standard InChI is InChI=1S/C23H20ClN3O5/c1-2-30-20-6-4-14(9-18(20)24)22-25-21(26-32-22)13-3-5-19-15(7-13)8-17(31-19)12-27-10-16(11-27)23(28)29/h3-9,16H,2,10-12H2,1H3,(H,28,29). The van der Waals surface area contributed by atoms with E-state index < -0.39 is 5.97 Å². The highest BCUT2D eigenvalue weighted by molar-refractivity contribution is 6.32. The summed E-state index contributed by atoms with van der Waals surface area (Å²) in [5, 5.41) is 14.5. The molecular formula is C23H20ClN3O5. The van der Waals surface area contributed by atoms with Gasteiger partial charge in [-0.1, -0.05) is 16.8 Å². The molecule has 2 aromatic heterocycles. The second-order valence-corrected chi connectivity index (χ2v) is 8.10. The van der Waals surface area contributed by atoms with Gasteiger partial charge in [0.2, 0.25) is 5.82 Å². The third-order valence-electron chi connectivity index (χ3n) is 5.42. The Morgan fingerprint density at radius 3 is 2.78 bits per heavy atom. The Kier molecular flexibility index (Phi) is 5.32. The Morgan fingerprint density at radius 1 is 1.22 bits per heavy atom. The van der Waals surface area contributed by atoms with E-state index in [1.165, 1.54) is 0 Å². The van der Waals surface area contributed by atoms with Crippen LogP contribution in [0.1, 0.15) is 12.7 Å². The predicted octanol–water partition coefficient (Wildman–Crippen LogP) is 4.72. The molecule has 0 amide bonds. The average Bonchev–Trinajstić information content (AvgIpc) is 3.38. The minimum atomic E-state index is -0.748. The van der Waals surface area contributed by atoms with E-state index in [1.807, 2.05) is 42.2 Å². The molecule has 0 unspecified atom stereocenters. The van der Waals surface area contributed by atoms with Crippen molar-refractivity contribution in [2.45, 2.75) is 13.5 Å². The highest BCUT2D eigenvalue weighted by atomic mass is 35.5. The van der Waals surface area contributed by atoms with Crippen LogP contribution in [0.25, 0.3) is 33.8 Å². The zero-order chi connectivity index (χ0) is 22.2. The van der Waals surface area contributed by atoms with Gasteiger partial charge in [-0.2, -0.15) is 4.98 Å². The first-order valence-corrected chi connectivity index (χ1v) is 10.6. The maximum absolute atomic E-state index is 11.0. The summed E-state index contributed by atoms with van der Waals surface area (Å²) in [5.74, 6) is 1.19. The fourth-order valence-corrected chi connectivity index (χ4v) is 3.99. The fourth-order valence-electron chi connectivity index (χ4n) is 3.76. The number of fused-ring (bicyclic) bond motifs is 1. The number of aromatic nitrogens is 2. The molecule has 0 saturated carbocycles. The van der Waals surface area contributed by atoms with Crippen LogP contribution in [0.4, 0.5) is 0 Å². The van der Waals surface area contributed by atoms with Crippen molar-refractivity contribution >= 4 is 28.5 Å². The number of nitrogens with zero attached hydrogens (tertiary/aromatic N) is 3. The third-order valence-corrected chi connectivity index (χ3v) is 5.71. The van der Waals surface area contributed by atoms with Crippen LogP contribution in [0.15, 0.2) is 51.4 Å². The molecule has 1 saturated heterocycles. The van der Waals surface area contributed by atoms with E-state index in [1.54, 1.807) is 12.1 Å². The smallest absolute Gasteiger partial charge is 0.309 e. The van der Waals surface area contributed by atoms with Gasteiger partial charge < -0.3 is 18.8 Å². The second-order valence-electron chi connectivity index (χ2n) is 7.70. The number of hydrogen-bond donors (Lipinski definition) is 1. The van der Waals surface area contributed by atoms with Crippen molar-refractivity contribution in [3.8, 4) is 28.6 Å². The Labute approximate surface area is 188 Å². The van der Waals surface area contributed by atoms with E-state index in [4.69, 9.17) is 30.4 Å². The lowest BCUT2D eigenvalue weighted by Gasteiger charge is -2.35. The molecule has 5 rings (SSSR count). The number of likely N-dealkylation sites (tertiary alicyclic amines) is 1. The van der Waals surface area contributed by atoms with Crippen molar-refractivity contribution < 1.29 is 23.6 Å².